The lowest BCUT2D eigenvalue weighted by molar-refractivity contribution is -0.274. The molecule has 186 valence electrons. The van der Waals surface area contributed by atoms with E-state index in [1.54, 1.807) is 0 Å². The first kappa shape index (κ1) is 24.8. The van der Waals surface area contributed by atoms with Crippen molar-refractivity contribution in [3.63, 3.8) is 0 Å². The van der Waals surface area contributed by atoms with Crippen LogP contribution in [0.2, 0.25) is 0 Å². The van der Waals surface area contributed by atoms with Gasteiger partial charge in [0.25, 0.3) is 0 Å². The monoisotopic (exact) mass is 486 g/mol. The Morgan fingerprint density at radius 1 is 1.14 bits per heavy atom. The lowest BCUT2D eigenvalue weighted by atomic mass is 9.94. The number of hydrogen-bond donors (Lipinski definition) is 1. The number of amidine groups is 1. The molecule has 0 radical (unpaired) electrons. The van der Waals surface area contributed by atoms with E-state index < -0.39 is 6.36 Å². The van der Waals surface area contributed by atoms with Gasteiger partial charge in [-0.15, -0.1) is 13.2 Å². The first-order chi connectivity index (χ1) is 16.7. The van der Waals surface area contributed by atoms with Gasteiger partial charge in [0.15, 0.2) is 0 Å². The van der Waals surface area contributed by atoms with E-state index in [2.05, 4.69) is 33.7 Å². The minimum atomic E-state index is -4.74. The van der Waals surface area contributed by atoms with E-state index in [0.717, 1.165) is 56.2 Å². The number of ether oxygens (including phenoxy) is 1. The predicted molar refractivity (Wildman–Crippen MR) is 131 cm³/mol. The Balaban J connectivity index is 1.37. The molecule has 2 aromatic carbocycles. The average molecular weight is 487 g/mol. The number of rotatable bonds is 5. The van der Waals surface area contributed by atoms with Crippen LogP contribution in [0.5, 0.6) is 5.75 Å². The number of alkyl halides is 3. The van der Waals surface area contributed by atoms with Crippen LogP contribution in [0.1, 0.15) is 25.0 Å². The summed E-state index contributed by atoms with van der Waals surface area (Å²) in [6.07, 6.45) is -1.01. The number of amides is 1. The smallest absolute Gasteiger partial charge is 0.406 e. The van der Waals surface area contributed by atoms with Crippen LogP contribution in [0, 0.1) is 5.92 Å². The maximum atomic E-state index is 12.4. The summed E-state index contributed by atoms with van der Waals surface area (Å²) >= 11 is 0. The van der Waals surface area contributed by atoms with Gasteiger partial charge in [0.05, 0.1) is 5.69 Å². The maximum absolute atomic E-state index is 12.4. The molecule has 2 aliphatic rings. The van der Waals surface area contributed by atoms with Gasteiger partial charge in [-0.25, -0.2) is 4.99 Å². The summed E-state index contributed by atoms with van der Waals surface area (Å²) in [7, 11) is 0. The minimum absolute atomic E-state index is 0.297. The summed E-state index contributed by atoms with van der Waals surface area (Å²) in [4.78, 5) is 22.2. The van der Waals surface area contributed by atoms with Gasteiger partial charge in [-0.3, -0.25) is 4.79 Å². The van der Waals surface area contributed by atoms with Crippen molar-refractivity contribution in [3.05, 3.63) is 59.7 Å². The summed E-state index contributed by atoms with van der Waals surface area (Å²) in [6, 6.07) is 11.0. The summed E-state index contributed by atoms with van der Waals surface area (Å²) in [5.74, 6) is 0.796. The van der Waals surface area contributed by atoms with E-state index in [9.17, 15) is 18.0 Å². The minimum Gasteiger partial charge on any atom is -0.406 e. The third-order valence-corrected chi connectivity index (χ3v) is 6.23. The summed E-state index contributed by atoms with van der Waals surface area (Å²) in [6.45, 7) is 9.54. The van der Waals surface area contributed by atoms with Crippen molar-refractivity contribution in [2.75, 3.05) is 38.0 Å². The lowest BCUT2D eigenvalue weighted by Crippen LogP contribution is -2.50. The summed E-state index contributed by atoms with van der Waals surface area (Å²) in [5, 5.41) is 2.84. The first-order valence-electron chi connectivity index (χ1n) is 11.7. The Hall–Kier alpha value is -3.33. The van der Waals surface area contributed by atoms with Crippen LogP contribution in [0.4, 0.5) is 24.5 Å². The number of fused-ring (bicyclic) bond motifs is 1. The number of benzene rings is 2. The number of carbonyl (C=O) groups excluding carboxylic acids is 1. The fourth-order valence-electron chi connectivity index (χ4n) is 4.40. The van der Waals surface area contributed by atoms with Crippen molar-refractivity contribution in [1.82, 2.24) is 9.80 Å². The molecule has 0 aromatic heterocycles. The van der Waals surface area contributed by atoms with Gasteiger partial charge >= 0.3 is 6.36 Å². The Kier molecular flexibility index (Phi) is 7.45. The molecule has 1 amide bonds. The standard InChI is InChI=1S/C26H29F3N4O2/c1-3-32-12-14-33(15-13-32)25-18(2)16-20-17-21(7-10-23(20)31-25)30-24(34)11-6-19-4-8-22(9-5-19)35-26(27,28)29/h4-11,17-18H,3,12-16H2,1-2H3,(H,30,34)/b11-6+. The van der Waals surface area contributed by atoms with Crippen LogP contribution in [-0.4, -0.2) is 60.6 Å². The van der Waals surface area contributed by atoms with Crippen LogP contribution in [0.15, 0.2) is 53.5 Å². The van der Waals surface area contributed by atoms with Crippen molar-refractivity contribution in [1.29, 1.82) is 0 Å². The summed E-state index contributed by atoms with van der Waals surface area (Å²) < 4.78 is 40.6. The second-order valence-corrected chi connectivity index (χ2v) is 8.78. The Morgan fingerprint density at radius 2 is 1.86 bits per heavy atom. The Morgan fingerprint density at radius 3 is 2.51 bits per heavy atom. The maximum Gasteiger partial charge on any atom is 0.573 e. The van der Waals surface area contributed by atoms with Gasteiger partial charge in [-0.2, -0.15) is 0 Å². The predicted octanol–water partition coefficient (Wildman–Crippen LogP) is 5.10. The molecule has 1 N–H and O–H groups in total. The zero-order valence-corrected chi connectivity index (χ0v) is 19.8. The zero-order valence-electron chi connectivity index (χ0n) is 19.8. The first-order valence-corrected chi connectivity index (χ1v) is 11.7. The van der Waals surface area contributed by atoms with E-state index in [-0.39, 0.29) is 11.7 Å². The van der Waals surface area contributed by atoms with E-state index in [0.29, 0.717) is 17.2 Å². The van der Waals surface area contributed by atoms with Crippen LogP contribution < -0.4 is 10.1 Å². The van der Waals surface area contributed by atoms with Crippen molar-refractivity contribution in [2.24, 2.45) is 10.9 Å². The van der Waals surface area contributed by atoms with Crippen LogP contribution in [0.25, 0.3) is 6.08 Å². The number of halogens is 3. The highest BCUT2D eigenvalue weighted by molar-refractivity contribution is 6.02. The highest BCUT2D eigenvalue weighted by Gasteiger charge is 2.31. The lowest BCUT2D eigenvalue weighted by Gasteiger charge is -2.39. The second kappa shape index (κ2) is 10.5. The number of aliphatic imine (C=N–C) groups is 1. The molecule has 2 aliphatic heterocycles. The molecular weight excluding hydrogens is 457 g/mol. The molecule has 0 saturated carbocycles. The van der Waals surface area contributed by atoms with E-state index in [4.69, 9.17) is 4.99 Å². The third kappa shape index (κ3) is 6.63. The Bertz CT molecular complexity index is 1100. The number of nitrogens with one attached hydrogen (secondary N) is 1. The molecule has 9 heteroatoms. The molecule has 6 nitrogen and oxygen atoms in total. The zero-order chi connectivity index (χ0) is 25.0. The highest BCUT2D eigenvalue weighted by atomic mass is 19.4. The van der Waals surface area contributed by atoms with Crippen molar-refractivity contribution in [2.45, 2.75) is 26.6 Å². The molecule has 1 unspecified atom stereocenters. The van der Waals surface area contributed by atoms with Crippen molar-refractivity contribution >= 4 is 29.2 Å². The van der Waals surface area contributed by atoms with Crippen LogP contribution in [0.3, 0.4) is 0 Å². The van der Waals surface area contributed by atoms with Gasteiger partial charge < -0.3 is 19.9 Å². The van der Waals surface area contributed by atoms with Crippen molar-refractivity contribution < 1.29 is 22.7 Å². The quantitative estimate of drug-likeness (QED) is 0.598. The topological polar surface area (TPSA) is 57.2 Å². The van der Waals surface area contributed by atoms with Crippen LogP contribution >= 0.6 is 0 Å². The molecular formula is C26H29F3N4O2. The SMILES string of the molecule is CCN1CCN(C2=Nc3ccc(NC(=O)/C=C/c4ccc(OC(F)(F)F)cc4)cc3CC2C)CC1. The highest BCUT2D eigenvalue weighted by Crippen LogP contribution is 2.32. The van der Waals surface area contributed by atoms with E-state index in [1.165, 1.54) is 36.4 Å². The number of hydrogen-bond acceptors (Lipinski definition) is 5. The fourth-order valence-corrected chi connectivity index (χ4v) is 4.40. The number of nitrogens with zero attached hydrogens (tertiary/aromatic N) is 3. The van der Waals surface area contributed by atoms with Gasteiger partial charge in [0.2, 0.25) is 5.91 Å². The molecule has 1 fully saturated rings. The van der Waals surface area contributed by atoms with Crippen LogP contribution in [-0.2, 0) is 11.2 Å². The second-order valence-electron chi connectivity index (χ2n) is 8.78. The number of carbonyl (C=O) groups is 1. The largest absolute Gasteiger partial charge is 0.573 e. The molecule has 0 bridgehead atoms. The molecule has 4 rings (SSSR count). The molecule has 0 aliphatic carbocycles. The van der Waals surface area contributed by atoms with Crippen molar-refractivity contribution in [3.8, 4) is 5.75 Å². The Labute approximate surface area is 203 Å². The van der Waals surface area contributed by atoms with Gasteiger partial charge in [-0.05, 0) is 60.5 Å². The molecule has 35 heavy (non-hydrogen) atoms. The van der Waals surface area contributed by atoms with Gasteiger partial charge in [-0.1, -0.05) is 26.0 Å². The van der Waals surface area contributed by atoms with E-state index in [1.807, 2.05) is 18.2 Å². The molecule has 0 spiro atoms. The third-order valence-electron chi connectivity index (χ3n) is 6.23. The fraction of sp³-hybridized carbons (Fsp3) is 0.385. The summed E-state index contributed by atoms with van der Waals surface area (Å²) in [5.41, 5.74) is 3.28. The van der Waals surface area contributed by atoms with E-state index >= 15 is 0 Å². The van der Waals surface area contributed by atoms with Gasteiger partial charge in [0, 0.05) is 43.9 Å². The number of likely N-dealkylation sites (N-methyl/N-ethyl adjacent to an activating group) is 1. The molecule has 1 saturated heterocycles. The molecule has 1 atom stereocenters. The molecule has 2 heterocycles. The average Bonchev–Trinajstić information content (AvgIpc) is 2.82. The number of piperazine rings is 1. The van der Waals surface area contributed by atoms with Gasteiger partial charge in [0.1, 0.15) is 11.6 Å². The molecule has 2 aromatic rings. The number of anilines is 1. The normalized spacial score (nSPS) is 18.8.